The first kappa shape index (κ1) is 13.9. The molecule has 5 nitrogen and oxygen atoms in total. The van der Waals surface area contributed by atoms with E-state index in [4.69, 9.17) is 0 Å². The van der Waals surface area contributed by atoms with Gasteiger partial charge in [-0.05, 0) is 44.1 Å². The quantitative estimate of drug-likeness (QED) is 0.924. The molecule has 1 aliphatic carbocycles. The van der Waals surface area contributed by atoms with Crippen molar-refractivity contribution in [3.63, 3.8) is 0 Å². The van der Waals surface area contributed by atoms with Crippen molar-refractivity contribution < 1.29 is 6.22 Å². The predicted molar refractivity (Wildman–Crippen MR) is 81.1 cm³/mol. The SMILES string of the molecule is CC(C)N1C[C@@H](C)[C@@H](NC(=O)c2nc(C3CC3)ns2)C1.[HH]. The highest BCUT2D eigenvalue weighted by Gasteiger charge is 2.33. The molecule has 2 aliphatic rings. The van der Waals surface area contributed by atoms with Crippen molar-refractivity contribution >= 4 is 17.4 Å². The third-order valence-corrected chi connectivity index (χ3v) is 4.99. The molecule has 1 aliphatic heterocycles. The summed E-state index contributed by atoms with van der Waals surface area (Å²) < 4.78 is 4.30. The van der Waals surface area contributed by atoms with Crippen LogP contribution in [-0.4, -0.2) is 45.3 Å². The van der Waals surface area contributed by atoms with Gasteiger partial charge in [0.15, 0.2) is 0 Å². The number of hydrogen-bond donors (Lipinski definition) is 1. The third kappa shape index (κ3) is 2.86. The largest absolute Gasteiger partial charge is 0.346 e. The maximum absolute atomic E-state index is 12.3. The fourth-order valence-corrected chi connectivity index (χ4v) is 3.32. The first-order valence-electron chi connectivity index (χ1n) is 7.43. The third-order valence-electron chi connectivity index (χ3n) is 4.27. The van der Waals surface area contributed by atoms with Gasteiger partial charge in [0.25, 0.3) is 5.91 Å². The van der Waals surface area contributed by atoms with Gasteiger partial charge >= 0.3 is 0 Å². The van der Waals surface area contributed by atoms with Crippen LogP contribution in [0.1, 0.15) is 56.6 Å². The Morgan fingerprint density at radius 2 is 2.20 bits per heavy atom. The molecule has 6 heteroatoms. The molecule has 20 heavy (non-hydrogen) atoms. The second-order valence-corrected chi connectivity index (χ2v) is 7.09. The van der Waals surface area contributed by atoms with Crippen LogP contribution < -0.4 is 5.32 Å². The summed E-state index contributed by atoms with van der Waals surface area (Å²) in [7, 11) is 0. The summed E-state index contributed by atoms with van der Waals surface area (Å²) in [5, 5.41) is 3.65. The van der Waals surface area contributed by atoms with Crippen molar-refractivity contribution in [1.29, 1.82) is 0 Å². The van der Waals surface area contributed by atoms with Crippen LogP contribution in [-0.2, 0) is 0 Å². The van der Waals surface area contributed by atoms with E-state index in [1.54, 1.807) is 0 Å². The van der Waals surface area contributed by atoms with Gasteiger partial charge in [-0.3, -0.25) is 9.69 Å². The lowest BCUT2D eigenvalue weighted by atomic mass is 10.1. The lowest BCUT2D eigenvalue weighted by molar-refractivity contribution is 0.0930. The number of carbonyl (C=O) groups is 1. The van der Waals surface area contributed by atoms with Crippen molar-refractivity contribution in [3.05, 3.63) is 10.8 Å². The van der Waals surface area contributed by atoms with E-state index in [1.807, 2.05) is 0 Å². The molecular weight excluding hydrogens is 272 g/mol. The summed E-state index contributed by atoms with van der Waals surface area (Å²) in [5.74, 6) is 1.80. The number of likely N-dealkylation sites (tertiary alicyclic amines) is 1. The Morgan fingerprint density at radius 3 is 2.80 bits per heavy atom. The smallest absolute Gasteiger partial charge is 0.282 e. The summed E-state index contributed by atoms with van der Waals surface area (Å²) >= 11 is 1.23. The van der Waals surface area contributed by atoms with E-state index in [0.717, 1.165) is 18.9 Å². The van der Waals surface area contributed by atoms with Crippen molar-refractivity contribution in [2.45, 2.75) is 51.6 Å². The molecular formula is C14H24N4OS. The van der Waals surface area contributed by atoms with E-state index in [2.05, 4.69) is 40.3 Å². The molecule has 0 spiro atoms. The van der Waals surface area contributed by atoms with Crippen molar-refractivity contribution in [2.75, 3.05) is 13.1 Å². The maximum atomic E-state index is 12.3. The highest BCUT2D eigenvalue weighted by molar-refractivity contribution is 7.07. The van der Waals surface area contributed by atoms with Gasteiger partial charge in [-0.15, -0.1) is 0 Å². The van der Waals surface area contributed by atoms with Crippen LogP contribution >= 0.6 is 11.5 Å². The minimum Gasteiger partial charge on any atom is -0.346 e. The zero-order valence-electron chi connectivity index (χ0n) is 12.3. The molecule has 2 fully saturated rings. The summed E-state index contributed by atoms with van der Waals surface area (Å²) in [6.45, 7) is 8.57. The van der Waals surface area contributed by atoms with Gasteiger partial charge in [0.2, 0.25) is 5.01 Å². The van der Waals surface area contributed by atoms with Gasteiger partial charge in [0.1, 0.15) is 5.82 Å². The highest BCUT2D eigenvalue weighted by atomic mass is 32.1. The van der Waals surface area contributed by atoms with Crippen LogP contribution in [0.2, 0.25) is 0 Å². The lowest BCUT2D eigenvalue weighted by Gasteiger charge is -2.20. The second-order valence-electron chi connectivity index (χ2n) is 6.34. The molecule has 1 aromatic rings. The van der Waals surface area contributed by atoms with E-state index in [0.29, 0.717) is 22.9 Å². The predicted octanol–water partition coefficient (Wildman–Crippen LogP) is 2.12. The molecule has 1 amide bonds. The molecule has 1 saturated heterocycles. The number of amides is 1. The lowest BCUT2D eigenvalue weighted by Crippen LogP contribution is -2.40. The van der Waals surface area contributed by atoms with Crippen molar-refractivity contribution in [1.82, 2.24) is 19.6 Å². The summed E-state index contributed by atoms with van der Waals surface area (Å²) in [6.07, 6.45) is 2.33. The number of aromatic nitrogens is 2. The average molecular weight is 296 g/mol. The van der Waals surface area contributed by atoms with Crippen LogP contribution in [0.15, 0.2) is 0 Å². The van der Waals surface area contributed by atoms with Gasteiger partial charge in [0.05, 0.1) is 0 Å². The first-order valence-corrected chi connectivity index (χ1v) is 8.20. The van der Waals surface area contributed by atoms with Crippen LogP contribution in [0.3, 0.4) is 0 Å². The molecule has 0 bridgehead atoms. The molecule has 2 heterocycles. The van der Waals surface area contributed by atoms with E-state index in [1.165, 1.54) is 24.4 Å². The van der Waals surface area contributed by atoms with Gasteiger partial charge in [0, 0.05) is 32.5 Å². The Morgan fingerprint density at radius 1 is 1.45 bits per heavy atom. The van der Waals surface area contributed by atoms with Crippen LogP contribution in [0.5, 0.6) is 0 Å². The first-order chi connectivity index (χ1) is 9.54. The molecule has 0 radical (unpaired) electrons. The Kier molecular flexibility index (Phi) is 3.77. The van der Waals surface area contributed by atoms with Crippen LogP contribution in [0, 0.1) is 5.92 Å². The molecule has 3 rings (SSSR count). The van der Waals surface area contributed by atoms with Crippen LogP contribution in [0.25, 0.3) is 0 Å². The Balaban J connectivity index is 0.00000161. The Hall–Kier alpha value is -1.01. The van der Waals surface area contributed by atoms with E-state index in [9.17, 15) is 4.79 Å². The number of nitrogens with zero attached hydrogens (tertiary/aromatic N) is 3. The summed E-state index contributed by atoms with van der Waals surface area (Å²) in [6, 6.07) is 0.750. The zero-order chi connectivity index (χ0) is 14.3. The zero-order valence-corrected chi connectivity index (χ0v) is 13.1. The standard InChI is InChI=1S/C14H22N4OS.H2/c1-8(2)18-6-9(3)11(7-18)15-13(19)14-16-12(17-20-14)10-4-5-10;/h8-11H,4-7H2,1-3H3,(H,15,19);1H/t9-,11+;/m1./s1. The molecule has 2 atom stereocenters. The van der Waals surface area contributed by atoms with E-state index >= 15 is 0 Å². The molecule has 1 saturated carbocycles. The number of hydrogen-bond acceptors (Lipinski definition) is 5. The average Bonchev–Trinajstić information content (AvgIpc) is 3.01. The van der Waals surface area contributed by atoms with Gasteiger partial charge in [-0.2, -0.15) is 4.37 Å². The van der Waals surface area contributed by atoms with E-state index in [-0.39, 0.29) is 13.4 Å². The van der Waals surface area contributed by atoms with Crippen molar-refractivity contribution in [3.8, 4) is 0 Å². The normalized spacial score (nSPS) is 27.2. The molecule has 112 valence electrons. The van der Waals surface area contributed by atoms with Gasteiger partial charge in [-0.1, -0.05) is 6.92 Å². The summed E-state index contributed by atoms with van der Waals surface area (Å²) in [4.78, 5) is 19.0. The highest BCUT2D eigenvalue weighted by Crippen LogP contribution is 2.38. The van der Waals surface area contributed by atoms with Crippen LogP contribution in [0.4, 0.5) is 0 Å². The monoisotopic (exact) mass is 296 g/mol. The number of carbonyl (C=O) groups excluding carboxylic acids is 1. The molecule has 1 aromatic heterocycles. The molecule has 0 aromatic carbocycles. The maximum Gasteiger partial charge on any atom is 0.282 e. The fourth-order valence-electron chi connectivity index (χ4n) is 2.68. The van der Waals surface area contributed by atoms with Gasteiger partial charge in [-0.25, -0.2) is 4.98 Å². The number of nitrogens with one attached hydrogen (secondary N) is 1. The minimum absolute atomic E-state index is 0. The van der Waals surface area contributed by atoms with Crippen molar-refractivity contribution in [2.24, 2.45) is 5.92 Å². The van der Waals surface area contributed by atoms with E-state index < -0.39 is 0 Å². The molecule has 1 N–H and O–H groups in total. The molecule has 0 unspecified atom stereocenters. The fraction of sp³-hybridized carbons (Fsp3) is 0.786. The number of rotatable bonds is 4. The topological polar surface area (TPSA) is 58.1 Å². The van der Waals surface area contributed by atoms with Gasteiger partial charge < -0.3 is 5.32 Å². The Bertz CT molecular complexity index is 503. The minimum atomic E-state index is -0.0585. The second kappa shape index (κ2) is 5.41. The Labute approximate surface area is 125 Å². The summed E-state index contributed by atoms with van der Waals surface area (Å²) in [5.41, 5.74) is 0.